The van der Waals surface area contributed by atoms with Crippen LogP contribution in [0.4, 0.5) is 5.69 Å². The van der Waals surface area contributed by atoms with E-state index in [1.54, 1.807) is 16.2 Å². The van der Waals surface area contributed by atoms with E-state index in [4.69, 9.17) is 5.26 Å². The number of nitrogens with zero attached hydrogens (tertiary/aromatic N) is 4. The molecule has 0 N–H and O–H groups in total. The Morgan fingerprint density at radius 3 is 2.57 bits per heavy atom. The van der Waals surface area contributed by atoms with Crippen LogP contribution in [0.2, 0.25) is 0 Å². The van der Waals surface area contributed by atoms with Crippen molar-refractivity contribution in [1.29, 1.82) is 5.26 Å². The monoisotopic (exact) mass is 392 g/mol. The normalized spacial score (nSPS) is 11.0. The van der Waals surface area contributed by atoms with E-state index in [-0.39, 0.29) is 12.5 Å². The fourth-order valence-electron chi connectivity index (χ4n) is 3.26. The topological polar surface area (TPSA) is 60.2 Å². The van der Waals surface area contributed by atoms with Gasteiger partial charge in [-0.1, -0.05) is 18.2 Å². The van der Waals surface area contributed by atoms with Crippen LogP contribution < -0.4 is 4.90 Å². The summed E-state index contributed by atoms with van der Waals surface area (Å²) in [4.78, 5) is 21.3. The second-order valence-electron chi connectivity index (χ2n) is 7.05. The Labute approximate surface area is 169 Å². The van der Waals surface area contributed by atoms with Crippen molar-refractivity contribution in [3.8, 4) is 6.07 Å². The maximum absolute atomic E-state index is 13.0. The maximum atomic E-state index is 13.0. The van der Waals surface area contributed by atoms with Crippen LogP contribution in [0.5, 0.6) is 0 Å². The SMILES string of the molecule is Cc1cc(C)cc(N(CCC#N)C(=O)CN(C)Cc2nc3ccccc3s2)c1. The Hall–Kier alpha value is -2.75. The number of aromatic nitrogens is 1. The third-order valence-corrected chi connectivity index (χ3v) is 5.44. The van der Waals surface area contributed by atoms with E-state index in [2.05, 4.69) is 23.2 Å². The molecule has 0 aliphatic heterocycles. The molecule has 0 saturated carbocycles. The molecule has 1 heterocycles. The van der Waals surface area contributed by atoms with E-state index in [1.807, 2.05) is 56.1 Å². The van der Waals surface area contributed by atoms with Crippen LogP contribution in [0.25, 0.3) is 10.2 Å². The molecule has 0 saturated heterocycles. The lowest BCUT2D eigenvalue weighted by molar-refractivity contribution is -0.119. The van der Waals surface area contributed by atoms with Crippen molar-refractivity contribution in [3.63, 3.8) is 0 Å². The van der Waals surface area contributed by atoms with Crippen molar-refractivity contribution < 1.29 is 4.79 Å². The van der Waals surface area contributed by atoms with Crippen LogP contribution in [0.3, 0.4) is 0 Å². The van der Waals surface area contributed by atoms with Crippen LogP contribution in [-0.4, -0.2) is 35.9 Å². The van der Waals surface area contributed by atoms with Gasteiger partial charge < -0.3 is 4.90 Å². The molecule has 5 nitrogen and oxygen atoms in total. The molecular formula is C22H24N4OS. The van der Waals surface area contributed by atoms with Crippen LogP contribution in [0.1, 0.15) is 22.6 Å². The van der Waals surface area contributed by atoms with E-state index in [0.29, 0.717) is 19.5 Å². The molecule has 2 aromatic carbocycles. The molecule has 0 fully saturated rings. The summed E-state index contributed by atoms with van der Waals surface area (Å²) in [5.74, 6) is -0.0103. The lowest BCUT2D eigenvalue weighted by Gasteiger charge is -2.25. The third kappa shape index (κ3) is 4.94. The van der Waals surface area contributed by atoms with Gasteiger partial charge in [0.15, 0.2) is 0 Å². The molecular weight excluding hydrogens is 368 g/mol. The first-order valence-corrected chi connectivity index (χ1v) is 10.1. The van der Waals surface area contributed by atoms with E-state index < -0.39 is 0 Å². The molecule has 28 heavy (non-hydrogen) atoms. The number of carbonyl (C=O) groups is 1. The number of anilines is 1. The number of fused-ring (bicyclic) bond motifs is 1. The molecule has 0 unspecified atom stereocenters. The molecule has 0 aliphatic rings. The van der Waals surface area contributed by atoms with Crippen molar-refractivity contribution >= 4 is 33.1 Å². The zero-order chi connectivity index (χ0) is 20.1. The first-order valence-electron chi connectivity index (χ1n) is 9.25. The van der Waals surface area contributed by atoms with Crippen LogP contribution in [0.15, 0.2) is 42.5 Å². The molecule has 3 aromatic rings. The van der Waals surface area contributed by atoms with Crippen molar-refractivity contribution in [1.82, 2.24) is 9.88 Å². The number of hydrogen-bond acceptors (Lipinski definition) is 5. The zero-order valence-electron chi connectivity index (χ0n) is 16.5. The highest BCUT2D eigenvalue weighted by molar-refractivity contribution is 7.18. The molecule has 0 radical (unpaired) electrons. The summed E-state index contributed by atoms with van der Waals surface area (Å²) in [7, 11) is 1.92. The van der Waals surface area contributed by atoms with Crippen molar-refractivity contribution in [2.75, 3.05) is 25.0 Å². The molecule has 0 aliphatic carbocycles. The highest BCUT2D eigenvalue weighted by Crippen LogP contribution is 2.23. The van der Waals surface area contributed by atoms with Gasteiger partial charge in [-0.2, -0.15) is 5.26 Å². The summed E-state index contributed by atoms with van der Waals surface area (Å²) in [6, 6.07) is 16.3. The number of thiazole rings is 1. The van der Waals surface area contributed by atoms with Gasteiger partial charge in [0, 0.05) is 12.2 Å². The Morgan fingerprint density at radius 1 is 1.18 bits per heavy atom. The fourth-order valence-corrected chi connectivity index (χ4v) is 4.30. The molecule has 0 atom stereocenters. The number of carbonyl (C=O) groups excluding carboxylic acids is 1. The van der Waals surface area contributed by atoms with Gasteiger partial charge in [0.05, 0.1) is 35.8 Å². The highest BCUT2D eigenvalue weighted by Gasteiger charge is 2.18. The zero-order valence-corrected chi connectivity index (χ0v) is 17.3. The van der Waals surface area contributed by atoms with Gasteiger partial charge in [0.2, 0.25) is 5.91 Å². The van der Waals surface area contributed by atoms with Crippen molar-refractivity contribution in [2.45, 2.75) is 26.8 Å². The summed E-state index contributed by atoms with van der Waals surface area (Å²) < 4.78 is 1.16. The largest absolute Gasteiger partial charge is 0.310 e. The smallest absolute Gasteiger partial charge is 0.241 e. The number of benzene rings is 2. The number of hydrogen-bond donors (Lipinski definition) is 0. The minimum absolute atomic E-state index is 0.0103. The number of rotatable bonds is 7. The van der Waals surface area contributed by atoms with Gasteiger partial charge in [0.1, 0.15) is 5.01 Å². The van der Waals surface area contributed by atoms with Crippen LogP contribution in [0, 0.1) is 25.2 Å². The minimum atomic E-state index is -0.0103. The molecule has 144 valence electrons. The highest BCUT2D eigenvalue weighted by atomic mass is 32.1. The first kappa shape index (κ1) is 20.0. The number of likely N-dealkylation sites (N-methyl/N-ethyl adjacent to an activating group) is 1. The second kappa shape index (κ2) is 8.96. The van der Waals surface area contributed by atoms with Gasteiger partial charge >= 0.3 is 0 Å². The molecule has 1 amide bonds. The van der Waals surface area contributed by atoms with Crippen molar-refractivity contribution in [3.05, 3.63) is 58.6 Å². The molecule has 0 bridgehead atoms. The average Bonchev–Trinajstić information content (AvgIpc) is 3.03. The van der Waals surface area contributed by atoms with Gasteiger partial charge in [0.25, 0.3) is 0 Å². The van der Waals surface area contributed by atoms with E-state index in [1.165, 1.54) is 0 Å². The summed E-state index contributed by atoms with van der Waals surface area (Å²) in [5.41, 5.74) is 4.06. The number of nitriles is 1. The summed E-state index contributed by atoms with van der Waals surface area (Å²) in [6.07, 6.45) is 0.306. The second-order valence-corrected chi connectivity index (χ2v) is 8.16. The summed E-state index contributed by atoms with van der Waals surface area (Å²) in [5, 5.41) is 9.99. The van der Waals surface area contributed by atoms with E-state index >= 15 is 0 Å². The predicted molar refractivity (Wildman–Crippen MR) is 114 cm³/mol. The fraction of sp³-hybridized carbons (Fsp3) is 0.318. The Balaban J connectivity index is 1.72. The van der Waals surface area contributed by atoms with Gasteiger partial charge in [-0.05, 0) is 56.3 Å². The molecule has 6 heteroatoms. The summed E-state index contributed by atoms with van der Waals surface area (Å²) in [6.45, 7) is 5.32. The number of para-hydroxylation sites is 1. The molecule has 0 spiro atoms. The van der Waals surface area contributed by atoms with Crippen LogP contribution >= 0.6 is 11.3 Å². The lowest BCUT2D eigenvalue weighted by Crippen LogP contribution is -2.39. The van der Waals surface area contributed by atoms with E-state index in [0.717, 1.165) is 32.0 Å². The van der Waals surface area contributed by atoms with Gasteiger partial charge in [-0.3, -0.25) is 9.69 Å². The minimum Gasteiger partial charge on any atom is -0.310 e. The number of amides is 1. The lowest BCUT2D eigenvalue weighted by atomic mass is 10.1. The Morgan fingerprint density at radius 2 is 1.89 bits per heavy atom. The van der Waals surface area contributed by atoms with Gasteiger partial charge in [-0.25, -0.2) is 4.98 Å². The number of aryl methyl sites for hydroxylation is 2. The van der Waals surface area contributed by atoms with Gasteiger partial charge in [-0.15, -0.1) is 11.3 Å². The average molecular weight is 393 g/mol. The third-order valence-electron chi connectivity index (χ3n) is 4.41. The van der Waals surface area contributed by atoms with Crippen LogP contribution in [-0.2, 0) is 11.3 Å². The first-order chi connectivity index (χ1) is 13.5. The molecule has 1 aromatic heterocycles. The Bertz CT molecular complexity index is 968. The predicted octanol–water partition coefficient (Wildman–Crippen LogP) is 4.29. The van der Waals surface area contributed by atoms with E-state index in [9.17, 15) is 4.79 Å². The summed E-state index contributed by atoms with van der Waals surface area (Å²) >= 11 is 1.65. The Kier molecular flexibility index (Phi) is 6.40. The molecule has 3 rings (SSSR count). The maximum Gasteiger partial charge on any atom is 0.241 e. The van der Waals surface area contributed by atoms with Crippen molar-refractivity contribution in [2.24, 2.45) is 0 Å². The standard InChI is InChI=1S/C22H24N4OS/c1-16-11-17(2)13-18(12-16)26(10-6-9-23)22(27)15-25(3)14-21-24-19-7-4-5-8-20(19)28-21/h4-5,7-8,11-13H,6,10,14-15H2,1-3H3. The quantitative estimate of drug-likeness (QED) is 0.602.